The molecule has 2 N–H and O–H groups in total. The summed E-state index contributed by atoms with van der Waals surface area (Å²) in [5, 5.41) is 10.0. The van der Waals surface area contributed by atoms with Crippen molar-refractivity contribution in [2.45, 2.75) is 12.8 Å². The molecule has 0 saturated carbocycles. The molecule has 0 aliphatic carbocycles. The standard InChI is InChI=1S/C24H17F2N3O3S/c1-2-32-24(31)20-19(14-8-4-6-10-17(14)26)15(12-27)23-29(21(20)28)22(30)18(33-23)11-13-7-3-5-9-16(13)25/h3-11,19H,2,28H2,1H3. The van der Waals surface area contributed by atoms with Crippen LogP contribution in [0.3, 0.4) is 0 Å². The molecule has 33 heavy (non-hydrogen) atoms. The summed E-state index contributed by atoms with van der Waals surface area (Å²) < 4.78 is 35.3. The van der Waals surface area contributed by atoms with E-state index in [1.807, 2.05) is 6.07 Å². The van der Waals surface area contributed by atoms with E-state index in [0.29, 0.717) is 0 Å². The zero-order chi connectivity index (χ0) is 23.7. The van der Waals surface area contributed by atoms with Gasteiger partial charge < -0.3 is 10.5 Å². The summed E-state index contributed by atoms with van der Waals surface area (Å²) in [6.45, 7) is 1.60. The van der Waals surface area contributed by atoms with Crippen LogP contribution in [-0.4, -0.2) is 17.1 Å². The summed E-state index contributed by atoms with van der Waals surface area (Å²) in [4.78, 5) is 26.0. The molecule has 0 spiro atoms. The number of hydrogen-bond donors (Lipinski definition) is 1. The Kier molecular flexibility index (Phi) is 5.94. The number of carbonyl (C=O) groups excluding carboxylic acids is 1. The van der Waals surface area contributed by atoms with Gasteiger partial charge in [0.15, 0.2) is 0 Å². The van der Waals surface area contributed by atoms with E-state index in [1.165, 1.54) is 42.5 Å². The molecule has 1 aliphatic rings. The van der Waals surface area contributed by atoms with E-state index in [1.54, 1.807) is 19.1 Å². The van der Waals surface area contributed by atoms with Crippen LogP contribution in [-0.2, 0) is 9.53 Å². The van der Waals surface area contributed by atoms with E-state index >= 15 is 0 Å². The maximum Gasteiger partial charge on any atom is 0.338 e. The number of halogens is 2. The fraction of sp³-hybridized carbons (Fsp3) is 0.125. The number of nitrogens with zero attached hydrogens (tertiary/aromatic N) is 2. The Balaban J connectivity index is 2.11. The maximum atomic E-state index is 14.8. The fourth-order valence-electron chi connectivity index (χ4n) is 3.71. The molecule has 1 atom stereocenters. The monoisotopic (exact) mass is 465 g/mol. The van der Waals surface area contributed by atoms with Gasteiger partial charge in [-0.3, -0.25) is 9.36 Å². The van der Waals surface area contributed by atoms with E-state index in [0.717, 1.165) is 15.9 Å². The molecule has 1 unspecified atom stereocenters. The summed E-state index contributed by atoms with van der Waals surface area (Å²) in [5.74, 6) is -3.47. The van der Waals surface area contributed by atoms with Gasteiger partial charge in [-0.1, -0.05) is 36.4 Å². The minimum atomic E-state index is -1.17. The Morgan fingerprint density at radius 2 is 1.88 bits per heavy atom. The highest BCUT2D eigenvalue weighted by atomic mass is 32.1. The highest BCUT2D eigenvalue weighted by Crippen LogP contribution is 2.37. The van der Waals surface area contributed by atoms with Crippen LogP contribution < -0.4 is 20.5 Å². The Morgan fingerprint density at radius 1 is 1.21 bits per heavy atom. The molecule has 2 aromatic carbocycles. The third-order valence-electron chi connectivity index (χ3n) is 5.17. The predicted molar refractivity (Wildman–Crippen MR) is 120 cm³/mol. The van der Waals surface area contributed by atoms with Crippen molar-refractivity contribution in [1.29, 1.82) is 5.26 Å². The molecule has 0 bridgehead atoms. The number of hydrogen-bond acceptors (Lipinski definition) is 6. The van der Waals surface area contributed by atoms with Gasteiger partial charge in [0.2, 0.25) is 0 Å². The summed E-state index contributed by atoms with van der Waals surface area (Å²) in [6.07, 6.45) is 1.35. The van der Waals surface area contributed by atoms with E-state index in [2.05, 4.69) is 0 Å². The van der Waals surface area contributed by atoms with Crippen molar-refractivity contribution in [2.24, 2.45) is 5.73 Å². The Hall–Kier alpha value is -4.03. The second kappa shape index (κ2) is 8.84. The highest BCUT2D eigenvalue weighted by Gasteiger charge is 2.37. The van der Waals surface area contributed by atoms with Gasteiger partial charge in [0.05, 0.1) is 34.3 Å². The zero-order valence-electron chi connectivity index (χ0n) is 17.3. The predicted octanol–water partition coefficient (Wildman–Crippen LogP) is 2.18. The lowest BCUT2D eigenvalue weighted by Gasteiger charge is -2.25. The lowest BCUT2D eigenvalue weighted by molar-refractivity contribution is -0.138. The number of ether oxygens (including phenoxy) is 1. The Morgan fingerprint density at radius 3 is 2.52 bits per heavy atom. The smallest absolute Gasteiger partial charge is 0.338 e. The summed E-state index contributed by atoms with van der Waals surface area (Å²) >= 11 is 0.913. The van der Waals surface area contributed by atoms with Crippen molar-refractivity contribution in [3.63, 3.8) is 0 Å². The van der Waals surface area contributed by atoms with E-state index in [4.69, 9.17) is 10.5 Å². The van der Waals surface area contributed by atoms with E-state index < -0.39 is 29.1 Å². The first-order valence-electron chi connectivity index (χ1n) is 9.93. The van der Waals surface area contributed by atoms with Gasteiger partial charge in [-0.15, -0.1) is 11.3 Å². The lowest BCUT2D eigenvalue weighted by atomic mass is 9.83. The number of rotatable bonds is 4. The van der Waals surface area contributed by atoms with Gasteiger partial charge in [-0.25, -0.2) is 13.6 Å². The molecule has 0 amide bonds. The lowest BCUT2D eigenvalue weighted by Crippen LogP contribution is -2.40. The number of aromatic nitrogens is 1. The largest absolute Gasteiger partial charge is 0.463 e. The van der Waals surface area contributed by atoms with Crippen molar-refractivity contribution >= 4 is 34.8 Å². The molecular formula is C24H17F2N3O3S. The van der Waals surface area contributed by atoms with Crippen LogP contribution in [0, 0.1) is 23.0 Å². The van der Waals surface area contributed by atoms with Gasteiger partial charge in [-0.2, -0.15) is 5.26 Å². The summed E-state index contributed by atoms with van der Waals surface area (Å²) in [7, 11) is 0. The third kappa shape index (κ3) is 3.75. The SMILES string of the molecule is CCOC(=O)C1=C(N)n2c(sc(=Cc3ccccc3F)c2=O)=C(C#N)C1c1ccccc1F. The first kappa shape index (κ1) is 22.2. The topological polar surface area (TPSA) is 98.1 Å². The molecule has 0 fully saturated rings. The first-order valence-corrected chi connectivity index (χ1v) is 10.7. The fourth-order valence-corrected chi connectivity index (χ4v) is 4.83. The molecule has 0 saturated heterocycles. The van der Waals surface area contributed by atoms with Crippen molar-refractivity contribution < 1.29 is 18.3 Å². The minimum absolute atomic E-state index is 0.0131. The van der Waals surface area contributed by atoms with Crippen LogP contribution in [0.5, 0.6) is 0 Å². The van der Waals surface area contributed by atoms with Crippen LogP contribution in [0.1, 0.15) is 24.0 Å². The number of nitrogens with two attached hydrogens (primary N) is 1. The number of carbonyl (C=O) groups is 1. The molecule has 1 aromatic heterocycles. The molecule has 6 nitrogen and oxygen atoms in total. The number of nitriles is 1. The second-order valence-corrected chi connectivity index (χ2v) is 8.11. The third-order valence-corrected chi connectivity index (χ3v) is 6.28. The van der Waals surface area contributed by atoms with Gasteiger partial charge in [0.25, 0.3) is 5.56 Å². The van der Waals surface area contributed by atoms with Crippen LogP contribution in [0.2, 0.25) is 0 Å². The quantitative estimate of drug-likeness (QED) is 0.596. The number of esters is 1. The van der Waals surface area contributed by atoms with Gasteiger partial charge >= 0.3 is 5.97 Å². The molecule has 166 valence electrons. The summed E-state index contributed by atoms with van der Waals surface area (Å²) in [5.41, 5.74) is 5.62. The average Bonchev–Trinajstić information content (AvgIpc) is 3.12. The highest BCUT2D eigenvalue weighted by molar-refractivity contribution is 7.07. The molecule has 0 radical (unpaired) electrons. The minimum Gasteiger partial charge on any atom is -0.463 e. The van der Waals surface area contributed by atoms with E-state index in [9.17, 15) is 23.6 Å². The van der Waals surface area contributed by atoms with Crippen molar-refractivity contribution in [3.8, 4) is 6.07 Å². The zero-order valence-corrected chi connectivity index (χ0v) is 18.2. The van der Waals surface area contributed by atoms with Gasteiger partial charge in [0, 0.05) is 11.1 Å². The number of fused-ring (bicyclic) bond motifs is 1. The van der Waals surface area contributed by atoms with Crippen molar-refractivity contribution in [2.75, 3.05) is 6.61 Å². The average molecular weight is 465 g/mol. The number of thiazole rings is 1. The molecule has 2 heterocycles. The molecular weight excluding hydrogens is 448 g/mol. The molecule has 3 aromatic rings. The van der Waals surface area contributed by atoms with E-state index in [-0.39, 0.29) is 43.9 Å². The summed E-state index contributed by atoms with van der Waals surface area (Å²) in [6, 6.07) is 13.6. The molecule has 9 heteroatoms. The Bertz CT molecular complexity index is 1530. The van der Waals surface area contributed by atoms with Gasteiger partial charge in [0.1, 0.15) is 22.1 Å². The molecule has 4 rings (SSSR count). The van der Waals surface area contributed by atoms with Gasteiger partial charge in [-0.05, 0) is 25.1 Å². The van der Waals surface area contributed by atoms with Crippen LogP contribution in [0.15, 0.2) is 58.9 Å². The normalized spacial score (nSPS) is 15.9. The van der Waals surface area contributed by atoms with Crippen LogP contribution in [0.4, 0.5) is 8.78 Å². The van der Waals surface area contributed by atoms with Crippen LogP contribution in [0.25, 0.3) is 17.5 Å². The number of benzene rings is 2. The maximum absolute atomic E-state index is 14.8. The van der Waals surface area contributed by atoms with Crippen LogP contribution >= 0.6 is 11.3 Å². The Labute approximate surface area is 190 Å². The first-order chi connectivity index (χ1) is 15.9. The second-order valence-electron chi connectivity index (χ2n) is 7.08. The van der Waals surface area contributed by atoms with Crippen molar-refractivity contribution in [3.05, 3.63) is 96.4 Å². The van der Waals surface area contributed by atoms with Crippen molar-refractivity contribution in [1.82, 2.24) is 4.57 Å². The molecule has 1 aliphatic heterocycles.